The molecule has 3 nitrogen and oxygen atoms in total. The number of rotatable bonds is 4. The number of aromatic nitrogens is 1. The molecular formula is C13H13ClN2OS. The summed E-state index contributed by atoms with van der Waals surface area (Å²) < 4.78 is 0. The molecule has 0 bridgehead atoms. The Morgan fingerprint density at radius 3 is 2.72 bits per heavy atom. The third kappa shape index (κ3) is 3.82. The topological polar surface area (TPSA) is 42.0 Å². The summed E-state index contributed by atoms with van der Waals surface area (Å²) in [5.41, 5.74) is 2.03. The highest BCUT2D eigenvalue weighted by Crippen LogP contribution is 2.15. The number of hydrogen-bond acceptors (Lipinski definition) is 3. The van der Waals surface area contributed by atoms with E-state index in [1.54, 1.807) is 0 Å². The standard InChI is InChI=1S/C13H13ClN2OS/c1-9-8-18-13(15-9)16-12(17)7-4-10-2-5-11(14)6-3-10/h2-3,5-6,8H,4,7H2,1H3,(H,15,16,17). The summed E-state index contributed by atoms with van der Waals surface area (Å²) in [5.74, 6) is -0.0145. The lowest BCUT2D eigenvalue weighted by atomic mass is 10.1. The zero-order valence-electron chi connectivity index (χ0n) is 9.94. The second-order valence-electron chi connectivity index (χ2n) is 3.97. The lowest BCUT2D eigenvalue weighted by Gasteiger charge is -2.02. The normalized spacial score (nSPS) is 10.3. The van der Waals surface area contributed by atoms with Crippen LogP contribution >= 0.6 is 22.9 Å². The van der Waals surface area contributed by atoms with Crippen LogP contribution in [0.5, 0.6) is 0 Å². The van der Waals surface area contributed by atoms with E-state index in [1.165, 1.54) is 11.3 Å². The van der Waals surface area contributed by atoms with Crippen molar-refractivity contribution in [2.75, 3.05) is 5.32 Å². The molecule has 0 aliphatic rings. The molecule has 0 saturated heterocycles. The second kappa shape index (κ2) is 5.98. The van der Waals surface area contributed by atoms with Gasteiger partial charge in [0.05, 0.1) is 5.69 Å². The number of halogens is 1. The smallest absolute Gasteiger partial charge is 0.226 e. The number of carbonyl (C=O) groups excluding carboxylic acids is 1. The number of nitrogens with one attached hydrogen (secondary N) is 1. The molecule has 0 fully saturated rings. The van der Waals surface area contributed by atoms with Crippen LogP contribution in [-0.2, 0) is 11.2 Å². The molecule has 2 rings (SSSR count). The van der Waals surface area contributed by atoms with Gasteiger partial charge in [-0.05, 0) is 31.0 Å². The fraction of sp³-hybridized carbons (Fsp3) is 0.231. The Bertz CT molecular complexity index is 536. The molecule has 1 aromatic heterocycles. The first-order valence-corrected chi connectivity index (χ1v) is 6.85. The largest absolute Gasteiger partial charge is 0.302 e. The van der Waals surface area contributed by atoms with Crippen LogP contribution in [0.4, 0.5) is 5.13 Å². The van der Waals surface area contributed by atoms with E-state index in [1.807, 2.05) is 36.6 Å². The Hall–Kier alpha value is -1.39. The van der Waals surface area contributed by atoms with Crippen molar-refractivity contribution in [3.05, 3.63) is 45.9 Å². The number of hydrogen-bond donors (Lipinski definition) is 1. The molecular weight excluding hydrogens is 268 g/mol. The first-order valence-electron chi connectivity index (χ1n) is 5.60. The number of anilines is 1. The van der Waals surface area contributed by atoms with E-state index in [-0.39, 0.29) is 5.91 Å². The molecule has 0 atom stereocenters. The van der Waals surface area contributed by atoms with Gasteiger partial charge in [0.2, 0.25) is 5.91 Å². The van der Waals surface area contributed by atoms with Crippen LogP contribution in [0.3, 0.4) is 0 Å². The number of aryl methyl sites for hydroxylation is 2. The van der Waals surface area contributed by atoms with Crippen molar-refractivity contribution in [2.45, 2.75) is 19.8 Å². The minimum absolute atomic E-state index is 0.0145. The molecule has 1 N–H and O–H groups in total. The highest BCUT2D eigenvalue weighted by Gasteiger charge is 2.05. The summed E-state index contributed by atoms with van der Waals surface area (Å²) in [6.45, 7) is 1.90. The van der Waals surface area contributed by atoms with Crippen LogP contribution < -0.4 is 5.32 Å². The van der Waals surface area contributed by atoms with Crippen molar-refractivity contribution < 1.29 is 4.79 Å². The Kier molecular flexibility index (Phi) is 4.33. The average Bonchev–Trinajstić information content (AvgIpc) is 2.74. The molecule has 0 spiro atoms. The Morgan fingerprint density at radius 2 is 2.11 bits per heavy atom. The summed E-state index contributed by atoms with van der Waals surface area (Å²) in [6.07, 6.45) is 1.15. The van der Waals surface area contributed by atoms with E-state index in [0.29, 0.717) is 23.0 Å². The predicted octanol–water partition coefficient (Wildman–Crippen LogP) is 3.68. The van der Waals surface area contributed by atoms with Crippen molar-refractivity contribution in [1.29, 1.82) is 0 Å². The zero-order valence-corrected chi connectivity index (χ0v) is 11.5. The van der Waals surface area contributed by atoms with Gasteiger partial charge in [-0.3, -0.25) is 4.79 Å². The van der Waals surface area contributed by atoms with E-state index < -0.39 is 0 Å². The minimum Gasteiger partial charge on any atom is -0.302 e. The van der Waals surface area contributed by atoms with E-state index in [4.69, 9.17) is 11.6 Å². The third-order valence-corrected chi connectivity index (χ3v) is 3.55. The molecule has 0 aliphatic heterocycles. The van der Waals surface area contributed by atoms with Crippen LogP contribution in [0.25, 0.3) is 0 Å². The zero-order chi connectivity index (χ0) is 13.0. The minimum atomic E-state index is -0.0145. The van der Waals surface area contributed by atoms with Crippen LogP contribution in [0, 0.1) is 6.92 Å². The van der Waals surface area contributed by atoms with Crippen LogP contribution in [0.2, 0.25) is 5.02 Å². The summed E-state index contributed by atoms with van der Waals surface area (Å²) in [6, 6.07) is 7.53. The fourth-order valence-corrected chi connectivity index (χ4v) is 2.33. The van der Waals surface area contributed by atoms with Gasteiger partial charge < -0.3 is 5.32 Å². The molecule has 0 saturated carbocycles. The molecule has 0 unspecified atom stereocenters. The number of amides is 1. The molecule has 2 aromatic rings. The van der Waals surface area contributed by atoms with Gasteiger partial charge in [-0.25, -0.2) is 4.98 Å². The summed E-state index contributed by atoms with van der Waals surface area (Å²) in [4.78, 5) is 15.9. The number of nitrogens with zero attached hydrogens (tertiary/aromatic N) is 1. The van der Waals surface area contributed by atoms with Crippen molar-refractivity contribution in [3.8, 4) is 0 Å². The number of benzene rings is 1. The van der Waals surface area contributed by atoms with Crippen molar-refractivity contribution >= 4 is 34.0 Å². The fourth-order valence-electron chi connectivity index (χ4n) is 1.50. The van der Waals surface area contributed by atoms with Gasteiger partial charge in [-0.15, -0.1) is 11.3 Å². The molecule has 18 heavy (non-hydrogen) atoms. The van der Waals surface area contributed by atoms with Crippen LogP contribution in [0.1, 0.15) is 17.7 Å². The van der Waals surface area contributed by atoms with E-state index >= 15 is 0 Å². The Balaban J connectivity index is 1.83. The van der Waals surface area contributed by atoms with Crippen molar-refractivity contribution in [1.82, 2.24) is 4.98 Å². The lowest BCUT2D eigenvalue weighted by Crippen LogP contribution is -2.12. The van der Waals surface area contributed by atoms with E-state index in [0.717, 1.165) is 11.3 Å². The molecule has 1 amide bonds. The average molecular weight is 281 g/mol. The van der Waals surface area contributed by atoms with Crippen LogP contribution in [0.15, 0.2) is 29.6 Å². The summed E-state index contributed by atoms with van der Waals surface area (Å²) in [5, 5.41) is 6.07. The van der Waals surface area contributed by atoms with Gasteiger partial charge in [-0.1, -0.05) is 23.7 Å². The van der Waals surface area contributed by atoms with Crippen LogP contribution in [-0.4, -0.2) is 10.9 Å². The first kappa shape index (κ1) is 13.1. The quantitative estimate of drug-likeness (QED) is 0.928. The third-order valence-electron chi connectivity index (χ3n) is 2.42. The molecule has 0 aliphatic carbocycles. The predicted molar refractivity (Wildman–Crippen MR) is 75.3 cm³/mol. The number of thiazole rings is 1. The van der Waals surface area contributed by atoms with Crippen molar-refractivity contribution in [2.24, 2.45) is 0 Å². The SMILES string of the molecule is Cc1csc(NC(=O)CCc2ccc(Cl)cc2)n1. The number of carbonyl (C=O) groups is 1. The maximum atomic E-state index is 11.7. The maximum absolute atomic E-state index is 11.7. The highest BCUT2D eigenvalue weighted by molar-refractivity contribution is 7.13. The van der Waals surface area contributed by atoms with E-state index in [9.17, 15) is 4.79 Å². The lowest BCUT2D eigenvalue weighted by molar-refractivity contribution is -0.116. The molecule has 1 heterocycles. The molecule has 0 radical (unpaired) electrons. The first-order chi connectivity index (χ1) is 8.63. The summed E-state index contributed by atoms with van der Waals surface area (Å²) >= 11 is 7.24. The summed E-state index contributed by atoms with van der Waals surface area (Å²) in [7, 11) is 0. The highest BCUT2D eigenvalue weighted by atomic mass is 35.5. The maximum Gasteiger partial charge on any atom is 0.226 e. The van der Waals surface area contributed by atoms with Gasteiger partial charge in [-0.2, -0.15) is 0 Å². The molecule has 5 heteroatoms. The van der Waals surface area contributed by atoms with Gasteiger partial charge >= 0.3 is 0 Å². The Morgan fingerprint density at radius 1 is 1.39 bits per heavy atom. The van der Waals surface area contributed by atoms with Gasteiger partial charge in [0.15, 0.2) is 5.13 Å². The Labute approximate surface area is 115 Å². The second-order valence-corrected chi connectivity index (χ2v) is 5.26. The monoisotopic (exact) mass is 280 g/mol. The van der Waals surface area contributed by atoms with Gasteiger partial charge in [0.25, 0.3) is 0 Å². The van der Waals surface area contributed by atoms with Gasteiger partial charge in [0, 0.05) is 16.8 Å². The van der Waals surface area contributed by atoms with E-state index in [2.05, 4.69) is 10.3 Å². The molecule has 94 valence electrons. The van der Waals surface area contributed by atoms with Crippen molar-refractivity contribution in [3.63, 3.8) is 0 Å². The molecule has 1 aromatic carbocycles. The van der Waals surface area contributed by atoms with Gasteiger partial charge in [0.1, 0.15) is 0 Å².